The SMILES string of the molecule is CNC(=O)[C@@H](NC(=O)OC(C)(C)C)C1CCCCC1. The number of hydrogen-bond donors (Lipinski definition) is 2. The Morgan fingerprint density at radius 2 is 1.74 bits per heavy atom. The molecule has 5 heteroatoms. The lowest BCUT2D eigenvalue weighted by Crippen LogP contribution is -2.51. The summed E-state index contributed by atoms with van der Waals surface area (Å²) in [4.78, 5) is 23.7. The molecule has 110 valence electrons. The number of likely N-dealkylation sites (N-methyl/N-ethyl adjacent to an activating group) is 1. The number of carbonyl (C=O) groups is 2. The van der Waals surface area contributed by atoms with E-state index < -0.39 is 17.7 Å². The topological polar surface area (TPSA) is 67.4 Å². The van der Waals surface area contributed by atoms with Crippen LogP contribution in [0.3, 0.4) is 0 Å². The fraction of sp³-hybridized carbons (Fsp3) is 0.857. The van der Waals surface area contributed by atoms with E-state index in [2.05, 4.69) is 10.6 Å². The fourth-order valence-electron chi connectivity index (χ4n) is 2.45. The number of ether oxygens (including phenoxy) is 1. The smallest absolute Gasteiger partial charge is 0.408 e. The van der Waals surface area contributed by atoms with Gasteiger partial charge in [0.1, 0.15) is 11.6 Å². The van der Waals surface area contributed by atoms with E-state index >= 15 is 0 Å². The predicted octanol–water partition coefficient (Wildman–Crippen LogP) is 2.21. The van der Waals surface area contributed by atoms with Gasteiger partial charge >= 0.3 is 6.09 Å². The maximum Gasteiger partial charge on any atom is 0.408 e. The van der Waals surface area contributed by atoms with Crippen molar-refractivity contribution < 1.29 is 14.3 Å². The van der Waals surface area contributed by atoms with Gasteiger partial charge in [0, 0.05) is 7.05 Å². The Kier molecular flexibility index (Phi) is 5.63. The van der Waals surface area contributed by atoms with Crippen LogP contribution in [0.2, 0.25) is 0 Å². The fourth-order valence-corrected chi connectivity index (χ4v) is 2.45. The van der Waals surface area contributed by atoms with Crippen molar-refractivity contribution in [1.82, 2.24) is 10.6 Å². The third-order valence-corrected chi connectivity index (χ3v) is 3.32. The number of rotatable bonds is 3. The quantitative estimate of drug-likeness (QED) is 0.826. The lowest BCUT2D eigenvalue weighted by Gasteiger charge is -2.30. The molecule has 0 bridgehead atoms. The molecule has 5 nitrogen and oxygen atoms in total. The van der Waals surface area contributed by atoms with Gasteiger partial charge in [0.2, 0.25) is 5.91 Å². The van der Waals surface area contributed by atoms with Crippen LogP contribution >= 0.6 is 0 Å². The molecule has 19 heavy (non-hydrogen) atoms. The number of amides is 2. The molecule has 2 amide bonds. The van der Waals surface area contributed by atoms with Gasteiger partial charge in [0.15, 0.2) is 0 Å². The van der Waals surface area contributed by atoms with Gasteiger partial charge < -0.3 is 15.4 Å². The summed E-state index contributed by atoms with van der Waals surface area (Å²) >= 11 is 0. The minimum atomic E-state index is -0.552. The standard InChI is InChI=1S/C14H26N2O3/c1-14(2,3)19-13(18)16-11(12(17)15-4)10-8-6-5-7-9-10/h10-11H,5-9H2,1-4H3,(H,15,17)(H,16,18)/t11-/m0/s1. The molecule has 1 saturated carbocycles. The van der Waals surface area contributed by atoms with Gasteiger partial charge in [-0.15, -0.1) is 0 Å². The Bertz CT molecular complexity index is 317. The number of carbonyl (C=O) groups excluding carboxylic acids is 2. The van der Waals surface area contributed by atoms with Gasteiger partial charge in [-0.25, -0.2) is 4.79 Å². The first kappa shape index (κ1) is 15.8. The van der Waals surface area contributed by atoms with Gasteiger partial charge in [-0.3, -0.25) is 4.79 Å². The molecule has 1 fully saturated rings. The van der Waals surface area contributed by atoms with E-state index in [1.54, 1.807) is 7.05 Å². The predicted molar refractivity (Wildman–Crippen MR) is 73.8 cm³/mol. The first-order valence-electron chi connectivity index (χ1n) is 7.04. The summed E-state index contributed by atoms with van der Waals surface area (Å²) in [5.41, 5.74) is -0.552. The van der Waals surface area contributed by atoms with Crippen LogP contribution in [0.5, 0.6) is 0 Å². The van der Waals surface area contributed by atoms with Gasteiger partial charge in [0.25, 0.3) is 0 Å². The second-order valence-corrected chi connectivity index (χ2v) is 6.14. The zero-order valence-corrected chi connectivity index (χ0v) is 12.4. The van der Waals surface area contributed by atoms with Crippen molar-refractivity contribution in [2.45, 2.75) is 64.5 Å². The maximum atomic E-state index is 11.9. The largest absolute Gasteiger partial charge is 0.444 e. The molecule has 0 aromatic heterocycles. The highest BCUT2D eigenvalue weighted by Crippen LogP contribution is 2.26. The monoisotopic (exact) mass is 270 g/mol. The third kappa shape index (κ3) is 5.49. The van der Waals surface area contributed by atoms with Crippen molar-refractivity contribution in [2.24, 2.45) is 5.92 Å². The van der Waals surface area contributed by atoms with Crippen molar-refractivity contribution in [1.29, 1.82) is 0 Å². The van der Waals surface area contributed by atoms with E-state index in [9.17, 15) is 9.59 Å². The molecule has 0 saturated heterocycles. The summed E-state index contributed by atoms with van der Waals surface area (Å²) in [6, 6.07) is -0.486. The van der Waals surface area contributed by atoms with Gasteiger partial charge in [0.05, 0.1) is 0 Å². The Labute approximate surface area is 115 Å². The molecule has 0 spiro atoms. The van der Waals surface area contributed by atoms with Crippen LogP contribution < -0.4 is 10.6 Å². The van der Waals surface area contributed by atoms with Crippen LogP contribution in [0.1, 0.15) is 52.9 Å². The molecule has 1 rings (SSSR count). The highest BCUT2D eigenvalue weighted by molar-refractivity contribution is 5.85. The molecule has 0 aromatic rings. The first-order valence-corrected chi connectivity index (χ1v) is 7.04. The molecule has 0 heterocycles. The minimum absolute atomic E-state index is 0.141. The van der Waals surface area contributed by atoms with Crippen molar-refractivity contribution in [3.63, 3.8) is 0 Å². The molecule has 1 aliphatic carbocycles. The molecule has 0 aliphatic heterocycles. The molecular weight excluding hydrogens is 244 g/mol. The lowest BCUT2D eigenvalue weighted by molar-refractivity contribution is -0.124. The summed E-state index contributed by atoms with van der Waals surface area (Å²) in [5.74, 6) is 0.0685. The number of nitrogens with one attached hydrogen (secondary N) is 2. The van der Waals surface area contributed by atoms with Crippen molar-refractivity contribution >= 4 is 12.0 Å². The Morgan fingerprint density at radius 1 is 1.16 bits per heavy atom. The summed E-state index contributed by atoms with van der Waals surface area (Å²) in [7, 11) is 1.59. The first-order chi connectivity index (χ1) is 8.83. The molecule has 0 aromatic carbocycles. The van der Waals surface area contributed by atoms with Crippen molar-refractivity contribution in [3.05, 3.63) is 0 Å². The Morgan fingerprint density at radius 3 is 2.21 bits per heavy atom. The van der Waals surface area contributed by atoms with Crippen molar-refractivity contribution in [3.8, 4) is 0 Å². The van der Waals surface area contributed by atoms with Crippen LogP contribution in [0.25, 0.3) is 0 Å². The van der Waals surface area contributed by atoms with Crippen LogP contribution in [0.15, 0.2) is 0 Å². The van der Waals surface area contributed by atoms with E-state index in [4.69, 9.17) is 4.74 Å². The molecular formula is C14H26N2O3. The van der Waals surface area contributed by atoms with E-state index in [-0.39, 0.29) is 11.8 Å². The summed E-state index contributed by atoms with van der Waals surface area (Å²) in [5, 5.41) is 5.34. The van der Waals surface area contributed by atoms with E-state index in [1.807, 2.05) is 20.8 Å². The van der Waals surface area contributed by atoms with Gasteiger partial charge in [-0.2, -0.15) is 0 Å². The molecule has 2 N–H and O–H groups in total. The summed E-state index contributed by atoms with van der Waals surface area (Å²) in [6.07, 6.45) is 4.89. The van der Waals surface area contributed by atoms with E-state index in [1.165, 1.54) is 6.42 Å². The Balaban J connectivity index is 2.64. The molecule has 1 atom stereocenters. The highest BCUT2D eigenvalue weighted by Gasteiger charge is 2.31. The summed E-state index contributed by atoms with van der Waals surface area (Å²) < 4.78 is 5.22. The Hall–Kier alpha value is -1.26. The van der Waals surface area contributed by atoms with Crippen LogP contribution in [-0.2, 0) is 9.53 Å². The normalized spacial score (nSPS) is 18.5. The average molecular weight is 270 g/mol. The lowest BCUT2D eigenvalue weighted by atomic mass is 9.83. The van der Waals surface area contributed by atoms with E-state index in [0.717, 1.165) is 25.7 Å². The average Bonchev–Trinajstić information content (AvgIpc) is 2.34. The number of hydrogen-bond acceptors (Lipinski definition) is 3. The van der Waals surface area contributed by atoms with Crippen molar-refractivity contribution in [2.75, 3.05) is 7.05 Å². The molecule has 0 unspecified atom stereocenters. The van der Waals surface area contributed by atoms with E-state index in [0.29, 0.717) is 0 Å². The number of alkyl carbamates (subject to hydrolysis) is 1. The third-order valence-electron chi connectivity index (χ3n) is 3.32. The van der Waals surface area contributed by atoms with Gasteiger partial charge in [-0.1, -0.05) is 19.3 Å². The second kappa shape index (κ2) is 6.78. The van der Waals surface area contributed by atoms with Gasteiger partial charge in [-0.05, 0) is 39.5 Å². The second-order valence-electron chi connectivity index (χ2n) is 6.14. The molecule has 1 aliphatic rings. The van der Waals surface area contributed by atoms with Crippen LogP contribution in [0.4, 0.5) is 4.79 Å². The minimum Gasteiger partial charge on any atom is -0.444 e. The highest BCUT2D eigenvalue weighted by atomic mass is 16.6. The van der Waals surface area contributed by atoms with Crippen LogP contribution in [0, 0.1) is 5.92 Å². The zero-order chi connectivity index (χ0) is 14.5. The maximum absolute atomic E-state index is 11.9. The summed E-state index contributed by atoms with van der Waals surface area (Å²) in [6.45, 7) is 5.42. The van der Waals surface area contributed by atoms with Crippen LogP contribution in [-0.4, -0.2) is 30.7 Å². The molecule has 0 radical (unpaired) electrons. The zero-order valence-electron chi connectivity index (χ0n) is 12.4.